The molecule has 0 bridgehead atoms. The van der Waals surface area contributed by atoms with Gasteiger partial charge < -0.3 is 15.0 Å². The molecule has 2 rings (SSSR count). The van der Waals surface area contributed by atoms with Gasteiger partial charge in [0, 0.05) is 29.7 Å². The summed E-state index contributed by atoms with van der Waals surface area (Å²) in [5.41, 5.74) is 2.40. The van der Waals surface area contributed by atoms with Crippen molar-refractivity contribution in [2.24, 2.45) is 0 Å². The minimum absolute atomic E-state index is 0.179. The molecule has 0 amide bonds. The van der Waals surface area contributed by atoms with Crippen LogP contribution in [-0.2, 0) is 0 Å². The van der Waals surface area contributed by atoms with Gasteiger partial charge in [-0.2, -0.15) is 0 Å². The van der Waals surface area contributed by atoms with E-state index in [0.717, 1.165) is 41.5 Å². The van der Waals surface area contributed by atoms with E-state index in [1.165, 1.54) is 0 Å². The van der Waals surface area contributed by atoms with Crippen LogP contribution in [0.4, 0.5) is 5.69 Å². The summed E-state index contributed by atoms with van der Waals surface area (Å²) in [5.74, 6) is 0.853. The first-order valence-corrected chi connectivity index (χ1v) is 6.65. The molecule has 18 heavy (non-hydrogen) atoms. The number of likely N-dealkylation sites (N-methyl/N-ethyl adjacent to an activating group) is 1. The van der Waals surface area contributed by atoms with Gasteiger partial charge in [0.15, 0.2) is 0 Å². The van der Waals surface area contributed by atoms with E-state index in [9.17, 15) is 0 Å². The number of halogens is 1. The van der Waals surface area contributed by atoms with Crippen molar-refractivity contribution >= 4 is 17.3 Å². The van der Waals surface area contributed by atoms with E-state index >= 15 is 0 Å². The molecular formula is C14H21ClN2O. The maximum absolute atomic E-state index is 6.14. The Hall–Kier alpha value is -0.930. The highest BCUT2D eigenvalue weighted by molar-refractivity contribution is 6.31. The van der Waals surface area contributed by atoms with E-state index in [4.69, 9.17) is 16.3 Å². The van der Waals surface area contributed by atoms with Crippen LogP contribution in [-0.4, -0.2) is 32.8 Å². The molecule has 1 aromatic rings. The number of anilines is 1. The first kappa shape index (κ1) is 13.5. The normalized spacial score (nSPS) is 23.5. The molecule has 1 aliphatic rings. The maximum atomic E-state index is 6.14. The van der Waals surface area contributed by atoms with E-state index in [2.05, 4.69) is 23.2 Å². The Labute approximate surface area is 114 Å². The molecule has 1 fully saturated rings. The molecule has 0 spiro atoms. The summed E-state index contributed by atoms with van der Waals surface area (Å²) in [6, 6.07) is 4.02. The summed E-state index contributed by atoms with van der Waals surface area (Å²) >= 11 is 6.14. The number of benzene rings is 1. The molecule has 1 heterocycles. The van der Waals surface area contributed by atoms with E-state index in [1.807, 2.05) is 20.0 Å². The molecule has 3 nitrogen and oxygen atoms in total. The van der Waals surface area contributed by atoms with Gasteiger partial charge >= 0.3 is 0 Å². The Morgan fingerprint density at radius 1 is 1.44 bits per heavy atom. The van der Waals surface area contributed by atoms with Gasteiger partial charge in [-0.15, -0.1) is 0 Å². The average Bonchev–Trinajstić information content (AvgIpc) is 2.75. The minimum Gasteiger partial charge on any atom is -0.495 e. The lowest BCUT2D eigenvalue weighted by Gasteiger charge is -2.26. The Bertz CT molecular complexity index is 450. The number of aryl methyl sites for hydroxylation is 1. The van der Waals surface area contributed by atoms with Gasteiger partial charge in [0.25, 0.3) is 0 Å². The van der Waals surface area contributed by atoms with Crippen molar-refractivity contribution in [1.29, 1.82) is 0 Å². The molecule has 4 heteroatoms. The summed E-state index contributed by atoms with van der Waals surface area (Å²) in [4.78, 5) is 2.36. The second-order valence-corrected chi connectivity index (χ2v) is 5.66. The third kappa shape index (κ3) is 2.43. The quantitative estimate of drug-likeness (QED) is 0.912. The van der Waals surface area contributed by atoms with Crippen LogP contribution in [0.1, 0.15) is 18.9 Å². The Morgan fingerprint density at radius 2 is 2.17 bits per heavy atom. The van der Waals surface area contributed by atoms with Crippen LogP contribution in [0.2, 0.25) is 5.02 Å². The number of methoxy groups -OCH3 is 1. The summed E-state index contributed by atoms with van der Waals surface area (Å²) < 4.78 is 5.45. The SMILES string of the molecule is CNC1(C)CCN(c2cc(C)c(Cl)cc2OC)C1. The number of hydrogen-bond acceptors (Lipinski definition) is 3. The lowest BCUT2D eigenvalue weighted by molar-refractivity contribution is 0.412. The van der Waals surface area contributed by atoms with Gasteiger partial charge in [-0.05, 0) is 38.9 Å². The Kier molecular flexibility index (Phi) is 3.74. The fourth-order valence-electron chi connectivity index (χ4n) is 2.43. The van der Waals surface area contributed by atoms with Crippen molar-refractivity contribution in [2.45, 2.75) is 25.8 Å². The number of ether oxygens (including phenoxy) is 1. The summed E-state index contributed by atoms with van der Waals surface area (Å²) in [6.45, 7) is 6.30. The number of nitrogens with zero attached hydrogens (tertiary/aromatic N) is 1. The molecule has 1 atom stereocenters. The number of nitrogens with one attached hydrogen (secondary N) is 1. The van der Waals surface area contributed by atoms with Crippen LogP contribution in [0.5, 0.6) is 5.75 Å². The zero-order chi connectivity index (χ0) is 13.3. The molecule has 1 saturated heterocycles. The molecule has 0 aliphatic carbocycles. The van der Waals surface area contributed by atoms with Crippen molar-refractivity contribution in [1.82, 2.24) is 5.32 Å². The zero-order valence-electron chi connectivity index (χ0n) is 11.5. The average molecular weight is 269 g/mol. The van der Waals surface area contributed by atoms with Crippen molar-refractivity contribution in [2.75, 3.05) is 32.1 Å². The predicted octanol–water partition coefficient (Wildman–Crippen LogP) is 2.85. The zero-order valence-corrected chi connectivity index (χ0v) is 12.3. The molecular weight excluding hydrogens is 248 g/mol. The standard InChI is InChI=1S/C14H21ClN2O/c1-10-7-12(13(18-4)8-11(10)15)17-6-5-14(2,9-17)16-3/h7-8,16H,5-6,9H2,1-4H3. The number of rotatable bonds is 3. The van der Waals surface area contributed by atoms with Crippen LogP contribution >= 0.6 is 11.6 Å². The molecule has 0 saturated carbocycles. The fraction of sp³-hybridized carbons (Fsp3) is 0.571. The smallest absolute Gasteiger partial charge is 0.143 e. The molecule has 1 aromatic carbocycles. The molecule has 100 valence electrons. The molecule has 0 aromatic heterocycles. The summed E-state index contributed by atoms with van der Waals surface area (Å²) in [5, 5.41) is 4.15. The van der Waals surface area contributed by atoms with Crippen molar-refractivity contribution in [3.8, 4) is 5.75 Å². The highest BCUT2D eigenvalue weighted by Crippen LogP contribution is 2.37. The number of hydrogen-bond donors (Lipinski definition) is 1. The van der Waals surface area contributed by atoms with Gasteiger partial charge in [-0.3, -0.25) is 0 Å². The highest BCUT2D eigenvalue weighted by Gasteiger charge is 2.33. The second-order valence-electron chi connectivity index (χ2n) is 5.26. The molecule has 1 aliphatic heterocycles. The summed E-state index contributed by atoms with van der Waals surface area (Å²) in [6.07, 6.45) is 1.13. The second kappa shape index (κ2) is 4.98. The van der Waals surface area contributed by atoms with E-state index in [0.29, 0.717) is 0 Å². The van der Waals surface area contributed by atoms with E-state index < -0.39 is 0 Å². The Balaban J connectivity index is 2.32. The van der Waals surface area contributed by atoms with Crippen LogP contribution in [0, 0.1) is 6.92 Å². The van der Waals surface area contributed by atoms with Crippen molar-refractivity contribution in [3.05, 3.63) is 22.7 Å². The van der Waals surface area contributed by atoms with Gasteiger partial charge in [0.05, 0.1) is 12.8 Å². The van der Waals surface area contributed by atoms with Gasteiger partial charge in [0.1, 0.15) is 5.75 Å². The lowest BCUT2D eigenvalue weighted by atomic mass is 10.0. The van der Waals surface area contributed by atoms with E-state index in [1.54, 1.807) is 7.11 Å². The van der Waals surface area contributed by atoms with Crippen LogP contribution in [0.25, 0.3) is 0 Å². The van der Waals surface area contributed by atoms with Crippen LogP contribution in [0.3, 0.4) is 0 Å². The third-order valence-electron chi connectivity index (χ3n) is 3.88. The van der Waals surface area contributed by atoms with E-state index in [-0.39, 0.29) is 5.54 Å². The van der Waals surface area contributed by atoms with Crippen molar-refractivity contribution < 1.29 is 4.74 Å². The lowest BCUT2D eigenvalue weighted by Crippen LogP contribution is -2.42. The summed E-state index contributed by atoms with van der Waals surface area (Å²) in [7, 11) is 3.71. The van der Waals surface area contributed by atoms with Crippen LogP contribution in [0.15, 0.2) is 12.1 Å². The first-order valence-electron chi connectivity index (χ1n) is 6.27. The largest absolute Gasteiger partial charge is 0.495 e. The molecule has 0 radical (unpaired) electrons. The van der Waals surface area contributed by atoms with Gasteiger partial charge in [-0.1, -0.05) is 11.6 Å². The van der Waals surface area contributed by atoms with Gasteiger partial charge in [-0.25, -0.2) is 0 Å². The monoisotopic (exact) mass is 268 g/mol. The molecule has 1 unspecified atom stereocenters. The van der Waals surface area contributed by atoms with Crippen LogP contribution < -0.4 is 15.0 Å². The highest BCUT2D eigenvalue weighted by atomic mass is 35.5. The molecule has 1 N–H and O–H groups in total. The maximum Gasteiger partial charge on any atom is 0.143 e. The Morgan fingerprint density at radius 3 is 2.72 bits per heavy atom. The predicted molar refractivity (Wildman–Crippen MR) is 77.0 cm³/mol. The first-order chi connectivity index (χ1) is 8.49. The van der Waals surface area contributed by atoms with Gasteiger partial charge in [0.2, 0.25) is 0 Å². The minimum atomic E-state index is 0.179. The topological polar surface area (TPSA) is 24.5 Å². The van der Waals surface area contributed by atoms with Crippen molar-refractivity contribution in [3.63, 3.8) is 0 Å². The third-order valence-corrected chi connectivity index (χ3v) is 4.28. The fourth-order valence-corrected chi connectivity index (χ4v) is 2.58.